The summed E-state index contributed by atoms with van der Waals surface area (Å²) in [6.07, 6.45) is 0.606. The molecule has 36 heavy (non-hydrogen) atoms. The van der Waals surface area contributed by atoms with Gasteiger partial charge in [0.1, 0.15) is 6.04 Å². The maximum Gasteiger partial charge on any atom is 0.326 e. The Morgan fingerprint density at radius 2 is 1.61 bits per heavy atom. The molecule has 3 aromatic rings. The van der Waals surface area contributed by atoms with Crippen LogP contribution in [0.2, 0.25) is 0 Å². The molecule has 1 atom stereocenters. The summed E-state index contributed by atoms with van der Waals surface area (Å²) in [6.45, 7) is 0. The number of amides is 1. The fraction of sp³-hybridized carbons (Fsp3) is 0.160. The Labute approximate surface area is 209 Å². The average Bonchev–Trinajstić information content (AvgIpc) is 2.83. The Morgan fingerprint density at radius 1 is 0.917 bits per heavy atom. The molecular formula is C25H27N5O5S. The zero-order valence-corrected chi connectivity index (χ0v) is 20.1. The molecule has 0 aliphatic heterocycles. The lowest BCUT2D eigenvalue weighted by Gasteiger charge is -2.16. The van der Waals surface area contributed by atoms with Gasteiger partial charge >= 0.3 is 5.97 Å². The quantitative estimate of drug-likeness (QED) is 0.194. The van der Waals surface area contributed by atoms with Crippen molar-refractivity contribution in [1.29, 1.82) is 0 Å². The molecule has 3 rings (SSSR count). The van der Waals surface area contributed by atoms with Crippen molar-refractivity contribution in [3.05, 3.63) is 90.0 Å². The number of anilines is 1. The van der Waals surface area contributed by atoms with E-state index in [-0.39, 0.29) is 41.0 Å². The third kappa shape index (κ3) is 7.84. The second-order valence-corrected chi connectivity index (χ2v) is 9.67. The van der Waals surface area contributed by atoms with Crippen LogP contribution in [0, 0.1) is 0 Å². The summed E-state index contributed by atoms with van der Waals surface area (Å²) in [5, 5.41) is 12.1. The highest BCUT2D eigenvalue weighted by atomic mass is 32.2. The van der Waals surface area contributed by atoms with Crippen LogP contribution in [-0.4, -0.2) is 37.4 Å². The Hall–Kier alpha value is -4.38. The van der Waals surface area contributed by atoms with Crippen LogP contribution in [0.4, 0.5) is 11.4 Å². The number of benzene rings is 3. The summed E-state index contributed by atoms with van der Waals surface area (Å²) >= 11 is 0. The topological polar surface area (TPSA) is 177 Å². The number of aliphatic imine (C=N–C) groups is 1. The highest BCUT2D eigenvalue weighted by molar-refractivity contribution is 7.92. The maximum atomic E-state index is 12.8. The number of nitrogens with two attached hydrogens (primary N) is 2. The van der Waals surface area contributed by atoms with E-state index in [0.29, 0.717) is 12.0 Å². The Morgan fingerprint density at radius 3 is 2.31 bits per heavy atom. The predicted octanol–water partition coefficient (Wildman–Crippen LogP) is 2.14. The summed E-state index contributed by atoms with van der Waals surface area (Å²) in [5.41, 5.74) is 12.7. The molecule has 1 amide bonds. The first-order valence-electron chi connectivity index (χ1n) is 11.0. The summed E-state index contributed by atoms with van der Waals surface area (Å²) in [7, 11) is -3.97. The van der Waals surface area contributed by atoms with Crippen molar-refractivity contribution < 1.29 is 23.1 Å². The standard InChI is InChI=1S/C25H27N5O5S/c26-25(27)28-19-9-5-11-21(16-19)36(34,35)30-20-10-4-8-18(14-20)15-22(24(32)33)29-23(31)13-12-17-6-2-1-3-7-17/h1-11,14,16,22,30H,12-13,15H2,(H,29,31)(H,32,33)(H4,26,27,28). The first-order chi connectivity index (χ1) is 17.1. The largest absolute Gasteiger partial charge is 0.480 e. The molecule has 10 nitrogen and oxygen atoms in total. The third-order valence-corrected chi connectivity index (χ3v) is 6.50. The van der Waals surface area contributed by atoms with Gasteiger partial charge in [-0.3, -0.25) is 9.52 Å². The maximum absolute atomic E-state index is 12.8. The Bertz CT molecular complexity index is 1360. The molecule has 0 aliphatic rings. The van der Waals surface area contributed by atoms with Crippen molar-refractivity contribution >= 4 is 39.2 Å². The van der Waals surface area contributed by atoms with Gasteiger partial charge in [0.05, 0.1) is 10.6 Å². The molecular weight excluding hydrogens is 482 g/mol. The number of aliphatic carboxylic acids is 1. The fourth-order valence-electron chi connectivity index (χ4n) is 3.45. The van der Waals surface area contributed by atoms with Crippen molar-refractivity contribution in [2.75, 3.05) is 4.72 Å². The van der Waals surface area contributed by atoms with Crippen LogP contribution in [0.25, 0.3) is 0 Å². The number of aryl methyl sites for hydroxylation is 1. The van der Waals surface area contributed by atoms with Gasteiger partial charge in [0, 0.05) is 18.5 Å². The summed E-state index contributed by atoms with van der Waals surface area (Å²) in [5.74, 6) is -1.78. The van der Waals surface area contributed by atoms with Crippen LogP contribution in [-0.2, 0) is 32.5 Å². The van der Waals surface area contributed by atoms with Crippen LogP contribution in [0.5, 0.6) is 0 Å². The molecule has 0 heterocycles. The molecule has 1 unspecified atom stereocenters. The van der Waals surface area contributed by atoms with Crippen molar-refractivity contribution in [3.8, 4) is 0 Å². The van der Waals surface area contributed by atoms with E-state index in [9.17, 15) is 23.1 Å². The summed E-state index contributed by atoms with van der Waals surface area (Å²) in [4.78, 5) is 27.9. The summed E-state index contributed by atoms with van der Waals surface area (Å²) < 4.78 is 28.1. The van der Waals surface area contributed by atoms with Crippen molar-refractivity contribution in [3.63, 3.8) is 0 Å². The minimum Gasteiger partial charge on any atom is -0.480 e. The normalized spacial score (nSPS) is 11.8. The number of nitrogens with one attached hydrogen (secondary N) is 2. The highest BCUT2D eigenvalue weighted by Crippen LogP contribution is 2.22. The lowest BCUT2D eigenvalue weighted by atomic mass is 10.0. The van der Waals surface area contributed by atoms with Crippen LogP contribution < -0.4 is 21.5 Å². The van der Waals surface area contributed by atoms with Gasteiger partial charge in [0.2, 0.25) is 5.91 Å². The van der Waals surface area contributed by atoms with Crippen LogP contribution in [0.1, 0.15) is 17.5 Å². The van der Waals surface area contributed by atoms with E-state index in [1.807, 2.05) is 30.3 Å². The van der Waals surface area contributed by atoms with E-state index < -0.39 is 22.0 Å². The number of rotatable bonds is 11. The van der Waals surface area contributed by atoms with E-state index in [1.165, 1.54) is 30.3 Å². The monoisotopic (exact) mass is 509 g/mol. The molecule has 188 valence electrons. The molecule has 0 bridgehead atoms. The molecule has 7 N–H and O–H groups in total. The first-order valence-corrected chi connectivity index (χ1v) is 12.5. The molecule has 0 aliphatic carbocycles. The molecule has 0 saturated carbocycles. The van der Waals surface area contributed by atoms with Crippen LogP contribution in [0.3, 0.4) is 0 Å². The first kappa shape index (κ1) is 26.2. The van der Waals surface area contributed by atoms with Crippen LogP contribution in [0.15, 0.2) is 88.8 Å². The summed E-state index contributed by atoms with van der Waals surface area (Å²) in [6, 6.07) is 20.3. The zero-order valence-electron chi connectivity index (χ0n) is 19.3. The fourth-order valence-corrected chi connectivity index (χ4v) is 4.54. The van der Waals surface area contributed by atoms with Gasteiger partial charge in [-0.25, -0.2) is 18.2 Å². The molecule has 0 saturated heterocycles. The van der Waals surface area contributed by atoms with Gasteiger partial charge in [-0.2, -0.15) is 0 Å². The molecule has 0 radical (unpaired) electrons. The second-order valence-electron chi connectivity index (χ2n) is 7.99. The molecule has 0 spiro atoms. The van der Waals surface area contributed by atoms with Crippen molar-refractivity contribution in [2.45, 2.75) is 30.2 Å². The molecule has 3 aromatic carbocycles. The zero-order chi connectivity index (χ0) is 26.1. The smallest absolute Gasteiger partial charge is 0.326 e. The number of carboxylic acid groups (broad SMARTS) is 1. The number of sulfonamides is 1. The number of hydrogen-bond donors (Lipinski definition) is 5. The van der Waals surface area contributed by atoms with Gasteiger partial charge in [0.15, 0.2) is 5.96 Å². The predicted molar refractivity (Wildman–Crippen MR) is 137 cm³/mol. The number of carbonyl (C=O) groups is 2. The van der Waals surface area contributed by atoms with Gasteiger partial charge in [-0.15, -0.1) is 0 Å². The van der Waals surface area contributed by atoms with E-state index in [1.54, 1.807) is 18.2 Å². The van der Waals surface area contributed by atoms with Gasteiger partial charge in [0.25, 0.3) is 10.0 Å². The number of carboxylic acids is 1. The van der Waals surface area contributed by atoms with Gasteiger partial charge < -0.3 is 21.9 Å². The number of nitrogens with zero attached hydrogens (tertiary/aromatic N) is 1. The molecule has 0 aromatic heterocycles. The Kier molecular flexibility index (Phi) is 8.63. The van der Waals surface area contributed by atoms with Crippen molar-refractivity contribution in [2.24, 2.45) is 16.5 Å². The van der Waals surface area contributed by atoms with Gasteiger partial charge in [-0.1, -0.05) is 48.5 Å². The van der Waals surface area contributed by atoms with E-state index >= 15 is 0 Å². The van der Waals surface area contributed by atoms with E-state index in [4.69, 9.17) is 11.5 Å². The molecule has 0 fully saturated rings. The Balaban J connectivity index is 1.67. The lowest BCUT2D eigenvalue weighted by molar-refractivity contribution is -0.141. The van der Waals surface area contributed by atoms with E-state index in [0.717, 1.165) is 5.56 Å². The number of carbonyl (C=O) groups excluding carboxylic acids is 1. The minimum atomic E-state index is -3.97. The minimum absolute atomic E-state index is 0.0258. The van der Waals surface area contributed by atoms with Crippen molar-refractivity contribution in [1.82, 2.24) is 5.32 Å². The molecule has 11 heteroatoms. The number of guanidine groups is 1. The average molecular weight is 510 g/mol. The second kappa shape index (κ2) is 11.8. The SMILES string of the molecule is NC(N)=Nc1cccc(S(=O)(=O)Nc2cccc(CC(NC(=O)CCc3ccccc3)C(=O)O)c2)c1. The van der Waals surface area contributed by atoms with Crippen LogP contribution >= 0.6 is 0 Å². The van der Waals surface area contributed by atoms with Gasteiger partial charge in [-0.05, 0) is 47.9 Å². The van der Waals surface area contributed by atoms with E-state index in [2.05, 4.69) is 15.0 Å². The number of hydrogen-bond acceptors (Lipinski definition) is 5. The highest BCUT2D eigenvalue weighted by Gasteiger charge is 2.21. The third-order valence-electron chi connectivity index (χ3n) is 5.12. The lowest BCUT2D eigenvalue weighted by Crippen LogP contribution is -2.42.